The molecule has 1 aromatic heterocycles. The van der Waals surface area contributed by atoms with Gasteiger partial charge in [-0.15, -0.1) is 0 Å². The van der Waals surface area contributed by atoms with E-state index in [1.807, 2.05) is 0 Å². The molecular weight excluding hydrogens is 414 g/mol. The highest BCUT2D eigenvalue weighted by atomic mass is 16.6. The molecule has 9 heteroatoms. The van der Waals surface area contributed by atoms with Crippen LogP contribution in [0.1, 0.15) is 34.5 Å². The molecule has 0 spiro atoms. The number of nitrogens with one attached hydrogen (secondary N) is 1. The molecule has 0 bridgehead atoms. The van der Waals surface area contributed by atoms with Crippen molar-refractivity contribution in [3.05, 3.63) is 93.7 Å². The molecule has 1 amide bonds. The van der Waals surface area contributed by atoms with E-state index in [2.05, 4.69) is 10.3 Å². The predicted octanol–water partition coefficient (Wildman–Crippen LogP) is 4.23. The molecule has 32 heavy (non-hydrogen) atoms. The highest BCUT2D eigenvalue weighted by Gasteiger charge is 2.29. The van der Waals surface area contributed by atoms with Crippen molar-refractivity contribution in [2.75, 3.05) is 11.9 Å². The quantitative estimate of drug-likeness (QED) is 0.319. The molecule has 9 nitrogen and oxygen atoms in total. The third-order valence-corrected chi connectivity index (χ3v) is 4.45. The first-order valence-corrected chi connectivity index (χ1v) is 9.80. The summed E-state index contributed by atoms with van der Waals surface area (Å²) in [6, 6.07) is 15.8. The first-order valence-electron chi connectivity index (χ1n) is 9.80. The van der Waals surface area contributed by atoms with Crippen LogP contribution in [0.5, 0.6) is 5.88 Å². The van der Waals surface area contributed by atoms with Gasteiger partial charge in [0.25, 0.3) is 11.6 Å². The first-order chi connectivity index (χ1) is 15.4. The second-order valence-electron chi connectivity index (χ2n) is 6.75. The molecule has 1 N–H and O–H groups in total. The zero-order valence-corrected chi connectivity index (χ0v) is 17.5. The number of carbonyl (C=O) groups is 2. The summed E-state index contributed by atoms with van der Waals surface area (Å²) in [6.45, 7) is 3.74. The zero-order valence-electron chi connectivity index (χ0n) is 17.5. The Morgan fingerprint density at radius 1 is 1.12 bits per heavy atom. The normalized spacial score (nSPS) is 11.3. The number of aromatic nitrogens is 1. The molecule has 0 radical (unpaired) electrons. The van der Waals surface area contributed by atoms with E-state index in [4.69, 9.17) is 9.47 Å². The average Bonchev–Trinajstić information content (AvgIpc) is 2.79. The molecule has 0 fully saturated rings. The van der Waals surface area contributed by atoms with Crippen LogP contribution < -0.4 is 10.1 Å². The smallest absolute Gasteiger partial charge is 0.344 e. The van der Waals surface area contributed by atoms with Crippen molar-refractivity contribution in [3.8, 4) is 5.88 Å². The number of hydrogen-bond acceptors (Lipinski definition) is 7. The Hall–Kier alpha value is -4.27. The standard InChI is InChI=1S/C23H21N3O6/c1-3-31-22-17(10-7-13-24-22)23(28)32-20(16-8-5-4-6-9-16)21(27)25-18-12-11-15(2)14-19(18)26(29)30/h4-14,20H,3H2,1-2H3,(H,25,27)/t20-/m1/s1. The summed E-state index contributed by atoms with van der Waals surface area (Å²) in [5.41, 5.74) is 0.862. The maximum atomic E-state index is 13.1. The lowest BCUT2D eigenvalue weighted by Gasteiger charge is -2.19. The molecule has 3 rings (SSSR count). The van der Waals surface area contributed by atoms with E-state index in [0.29, 0.717) is 11.1 Å². The molecule has 164 valence electrons. The number of nitro groups is 1. The fraction of sp³-hybridized carbons (Fsp3) is 0.174. The molecule has 0 saturated carbocycles. The monoisotopic (exact) mass is 435 g/mol. The van der Waals surface area contributed by atoms with Gasteiger partial charge in [-0.05, 0) is 37.6 Å². The van der Waals surface area contributed by atoms with E-state index in [-0.39, 0.29) is 29.4 Å². The third-order valence-electron chi connectivity index (χ3n) is 4.45. The van der Waals surface area contributed by atoms with E-state index in [9.17, 15) is 19.7 Å². The molecule has 0 aliphatic carbocycles. The highest BCUT2D eigenvalue weighted by molar-refractivity contribution is 6.00. The van der Waals surface area contributed by atoms with Gasteiger partial charge in [-0.3, -0.25) is 14.9 Å². The van der Waals surface area contributed by atoms with E-state index >= 15 is 0 Å². The van der Waals surface area contributed by atoms with Gasteiger partial charge in [0.2, 0.25) is 12.0 Å². The molecule has 1 heterocycles. The fourth-order valence-electron chi connectivity index (χ4n) is 2.97. The van der Waals surface area contributed by atoms with Crippen molar-refractivity contribution < 1.29 is 24.0 Å². The van der Waals surface area contributed by atoms with Gasteiger partial charge in [0.1, 0.15) is 11.3 Å². The predicted molar refractivity (Wildman–Crippen MR) is 116 cm³/mol. The zero-order chi connectivity index (χ0) is 23.1. The number of nitro benzene ring substituents is 1. The molecule has 2 aromatic carbocycles. The Balaban J connectivity index is 1.92. The number of benzene rings is 2. The summed E-state index contributed by atoms with van der Waals surface area (Å²) in [6.07, 6.45) is 0.110. The Morgan fingerprint density at radius 2 is 1.88 bits per heavy atom. The van der Waals surface area contributed by atoms with Crippen molar-refractivity contribution in [2.45, 2.75) is 20.0 Å². The van der Waals surface area contributed by atoms with Gasteiger partial charge in [-0.25, -0.2) is 9.78 Å². The lowest BCUT2D eigenvalue weighted by atomic mass is 10.1. The van der Waals surface area contributed by atoms with Crippen LogP contribution in [0.3, 0.4) is 0 Å². The van der Waals surface area contributed by atoms with Crippen LogP contribution >= 0.6 is 0 Å². The van der Waals surface area contributed by atoms with Gasteiger partial charge >= 0.3 is 5.97 Å². The van der Waals surface area contributed by atoms with Crippen LogP contribution in [0.15, 0.2) is 66.9 Å². The van der Waals surface area contributed by atoms with Gasteiger partial charge in [0.05, 0.1) is 11.5 Å². The second-order valence-corrected chi connectivity index (χ2v) is 6.75. The van der Waals surface area contributed by atoms with Crippen LogP contribution in [0.25, 0.3) is 0 Å². The van der Waals surface area contributed by atoms with E-state index in [0.717, 1.165) is 0 Å². The molecule has 0 aliphatic heterocycles. The summed E-state index contributed by atoms with van der Waals surface area (Å²) >= 11 is 0. The van der Waals surface area contributed by atoms with Gasteiger partial charge in [-0.1, -0.05) is 36.4 Å². The number of hydrogen-bond donors (Lipinski definition) is 1. The number of nitrogens with zero attached hydrogens (tertiary/aromatic N) is 2. The Labute approximate surface area is 184 Å². The number of carbonyl (C=O) groups excluding carboxylic acids is 2. The average molecular weight is 435 g/mol. The SMILES string of the molecule is CCOc1ncccc1C(=O)O[C@@H](C(=O)Nc1ccc(C)cc1[N+](=O)[O-])c1ccccc1. The topological polar surface area (TPSA) is 121 Å². The Bertz CT molecular complexity index is 1130. The Morgan fingerprint density at radius 3 is 2.56 bits per heavy atom. The van der Waals surface area contributed by atoms with E-state index in [1.54, 1.807) is 56.3 Å². The lowest BCUT2D eigenvalue weighted by Crippen LogP contribution is -2.26. The number of amides is 1. The van der Waals surface area contributed by atoms with Gasteiger partial charge in [0, 0.05) is 17.8 Å². The number of anilines is 1. The number of rotatable bonds is 8. The van der Waals surface area contributed by atoms with Gasteiger partial charge in [0.15, 0.2) is 0 Å². The van der Waals surface area contributed by atoms with Crippen LogP contribution in [-0.2, 0) is 9.53 Å². The molecular formula is C23H21N3O6. The van der Waals surface area contributed by atoms with Crippen LogP contribution in [-0.4, -0.2) is 28.4 Å². The molecule has 0 aliphatic rings. The van der Waals surface area contributed by atoms with Crippen molar-refractivity contribution >= 4 is 23.3 Å². The van der Waals surface area contributed by atoms with Crippen LogP contribution in [0, 0.1) is 17.0 Å². The van der Waals surface area contributed by atoms with Crippen LogP contribution in [0.4, 0.5) is 11.4 Å². The molecule has 1 atom stereocenters. The highest BCUT2D eigenvalue weighted by Crippen LogP contribution is 2.28. The number of pyridine rings is 1. The number of aryl methyl sites for hydroxylation is 1. The Kier molecular flexibility index (Phi) is 7.12. The maximum Gasteiger partial charge on any atom is 0.344 e. The molecule has 3 aromatic rings. The summed E-state index contributed by atoms with van der Waals surface area (Å²) in [7, 11) is 0. The first kappa shape index (κ1) is 22.4. The van der Waals surface area contributed by atoms with Gasteiger partial charge in [-0.2, -0.15) is 0 Å². The minimum Gasteiger partial charge on any atom is -0.477 e. The van der Waals surface area contributed by atoms with Crippen molar-refractivity contribution in [1.82, 2.24) is 4.98 Å². The van der Waals surface area contributed by atoms with Crippen molar-refractivity contribution in [1.29, 1.82) is 0 Å². The summed E-state index contributed by atoms with van der Waals surface area (Å²) < 4.78 is 10.9. The lowest BCUT2D eigenvalue weighted by molar-refractivity contribution is -0.384. The molecule has 0 unspecified atom stereocenters. The van der Waals surface area contributed by atoms with Crippen molar-refractivity contribution in [2.24, 2.45) is 0 Å². The minimum atomic E-state index is -1.36. The van der Waals surface area contributed by atoms with Gasteiger partial charge < -0.3 is 14.8 Å². The van der Waals surface area contributed by atoms with Crippen LogP contribution in [0.2, 0.25) is 0 Å². The molecule has 0 saturated heterocycles. The minimum absolute atomic E-state index is 0.000960. The summed E-state index contributed by atoms with van der Waals surface area (Å²) in [5.74, 6) is -1.47. The second kappa shape index (κ2) is 10.2. The van der Waals surface area contributed by atoms with E-state index < -0.39 is 22.9 Å². The largest absolute Gasteiger partial charge is 0.477 e. The number of esters is 1. The van der Waals surface area contributed by atoms with Crippen molar-refractivity contribution in [3.63, 3.8) is 0 Å². The maximum absolute atomic E-state index is 13.1. The number of ether oxygens (including phenoxy) is 2. The van der Waals surface area contributed by atoms with E-state index in [1.165, 1.54) is 24.4 Å². The fourth-order valence-corrected chi connectivity index (χ4v) is 2.97. The summed E-state index contributed by atoms with van der Waals surface area (Å²) in [4.78, 5) is 40.8. The summed E-state index contributed by atoms with van der Waals surface area (Å²) in [5, 5.41) is 13.9. The third kappa shape index (κ3) is 5.25.